The Morgan fingerprint density at radius 3 is 2.42 bits per heavy atom. The highest BCUT2D eigenvalue weighted by Crippen LogP contribution is 2.27. The molecular weight excluding hydrogens is 236 g/mol. The normalized spacial score (nSPS) is 14.1. The van der Waals surface area contributed by atoms with Gasteiger partial charge in [-0.2, -0.15) is 0 Å². The van der Waals surface area contributed by atoms with Crippen molar-refractivity contribution < 1.29 is 5.11 Å². The van der Waals surface area contributed by atoms with E-state index in [2.05, 4.69) is 24.1 Å². The number of aromatic hydroxyl groups is 1. The average Bonchev–Trinajstić information content (AvgIpc) is 2.42. The maximum absolute atomic E-state index is 9.94. The summed E-state index contributed by atoms with van der Waals surface area (Å²) in [5.41, 5.74) is 3.27. The molecule has 0 saturated heterocycles. The number of aryl methyl sites for hydroxylation is 1. The SMILES string of the molecule is Cc1ccc(O)c(C(C)N[C@@H](C)c2ccncc2)c1. The lowest BCUT2D eigenvalue weighted by Crippen LogP contribution is -2.22. The van der Waals surface area contributed by atoms with Crippen LogP contribution in [-0.2, 0) is 0 Å². The number of benzene rings is 1. The third-order valence-electron chi connectivity index (χ3n) is 3.36. The molecule has 0 spiro atoms. The molecule has 2 N–H and O–H groups in total. The molecule has 1 unspecified atom stereocenters. The van der Waals surface area contributed by atoms with Gasteiger partial charge >= 0.3 is 0 Å². The van der Waals surface area contributed by atoms with Crippen molar-refractivity contribution in [2.75, 3.05) is 0 Å². The maximum atomic E-state index is 9.94. The highest BCUT2D eigenvalue weighted by atomic mass is 16.3. The molecule has 2 rings (SSSR count). The quantitative estimate of drug-likeness (QED) is 0.880. The van der Waals surface area contributed by atoms with Crippen LogP contribution in [0.25, 0.3) is 0 Å². The van der Waals surface area contributed by atoms with Gasteiger partial charge in [0.05, 0.1) is 0 Å². The third-order valence-corrected chi connectivity index (χ3v) is 3.36. The zero-order chi connectivity index (χ0) is 13.8. The first-order chi connectivity index (χ1) is 9.08. The molecule has 1 aromatic heterocycles. The van der Waals surface area contributed by atoms with Crippen LogP contribution in [0.5, 0.6) is 5.75 Å². The Morgan fingerprint density at radius 2 is 1.74 bits per heavy atom. The van der Waals surface area contributed by atoms with Gasteiger partial charge in [-0.25, -0.2) is 0 Å². The van der Waals surface area contributed by atoms with E-state index < -0.39 is 0 Å². The Bertz CT molecular complexity index is 540. The summed E-state index contributed by atoms with van der Waals surface area (Å²) in [5.74, 6) is 0.340. The van der Waals surface area contributed by atoms with Crippen molar-refractivity contribution in [3.63, 3.8) is 0 Å². The second kappa shape index (κ2) is 5.85. The summed E-state index contributed by atoms with van der Waals surface area (Å²) >= 11 is 0. The predicted octanol–water partition coefficient (Wildman–Crippen LogP) is 3.51. The van der Waals surface area contributed by atoms with Crippen LogP contribution >= 0.6 is 0 Å². The fourth-order valence-corrected chi connectivity index (χ4v) is 2.23. The van der Waals surface area contributed by atoms with Crippen LogP contribution in [0.3, 0.4) is 0 Å². The molecule has 2 atom stereocenters. The summed E-state index contributed by atoms with van der Waals surface area (Å²) in [6, 6.07) is 9.98. The molecule has 3 nitrogen and oxygen atoms in total. The lowest BCUT2D eigenvalue weighted by molar-refractivity contribution is 0.438. The van der Waals surface area contributed by atoms with E-state index in [1.165, 1.54) is 5.56 Å². The van der Waals surface area contributed by atoms with Gasteiger partial charge in [-0.1, -0.05) is 17.7 Å². The Morgan fingerprint density at radius 1 is 1.05 bits per heavy atom. The molecule has 0 amide bonds. The molecular formula is C16H20N2O. The number of nitrogens with one attached hydrogen (secondary N) is 1. The fourth-order valence-electron chi connectivity index (χ4n) is 2.23. The summed E-state index contributed by atoms with van der Waals surface area (Å²) < 4.78 is 0. The summed E-state index contributed by atoms with van der Waals surface area (Å²) in [4.78, 5) is 4.02. The van der Waals surface area contributed by atoms with E-state index in [1.807, 2.05) is 31.2 Å². The van der Waals surface area contributed by atoms with E-state index >= 15 is 0 Å². The molecule has 1 aromatic carbocycles. The molecule has 0 aliphatic rings. The number of hydrogen-bond acceptors (Lipinski definition) is 3. The molecule has 0 aliphatic heterocycles. The molecule has 0 aliphatic carbocycles. The summed E-state index contributed by atoms with van der Waals surface area (Å²) in [6.07, 6.45) is 3.59. The number of phenolic OH excluding ortho intramolecular Hbond substituents is 1. The van der Waals surface area contributed by atoms with Gasteiger partial charge in [-0.05, 0) is 44.5 Å². The van der Waals surface area contributed by atoms with Gasteiger partial charge in [-0.15, -0.1) is 0 Å². The average molecular weight is 256 g/mol. The highest BCUT2D eigenvalue weighted by Gasteiger charge is 2.14. The van der Waals surface area contributed by atoms with Crippen molar-refractivity contribution in [1.82, 2.24) is 10.3 Å². The fraction of sp³-hybridized carbons (Fsp3) is 0.312. The first-order valence-corrected chi connectivity index (χ1v) is 6.53. The van der Waals surface area contributed by atoms with E-state index in [0.29, 0.717) is 5.75 Å². The number of nitrogens with zero attached hydrogens (tertiary/aromatic N) is 1. The zero-order valence-corrected chi connectivity index (χ0v) is 11.6. The van der Waals surface area contributed by atoms with E-state index in [-0.39, 0.29) is 12.1 Å². The maximum Gasteiger partial charge on any atom is 0.120 e. The first kappa shape index (κ1) is 13.6. The predicted molar refractivity (Wildman–Crippen MR) is 77.0 cm³/mol. The van der Waals surface area contributed by atoms with Crippen molar-refractivity contribution in [3.05, 3.63) is 59.4 Å². The Labute approximate surface area is 114 Å². The highest BCUT2D eigenvalue weighted by molar-refractivity contribution is 5.37. The summed E-state index contributed by atoms with van der Waals surface area (Å²) in [5, 5.41) is 13.4. The number of hydrogen-bond donors (Lipinski definition) is 2. The van der Waals surface area contributed by atoms with Gasteiger partial charge in [0.1, 0.15) is 5.75 Å². The van der Waals surface area contributed by atoms with Crippen LogP contribution in [0.1, 0.15) is 42.6 Å². The molecule has 0 saturated carbocycles. The minimum absolute atomic E-state index is 0.0862. The Kier molecular flexibility index (Phi) is 4.17. The number of phenols is 1. The first-order valence-electron chi connectivity index (χ1n) is 6.53. The number of rotatable bonds is 4. The van der Waals surface area contributed by atoms with Crippen LogP contribution in [0.15, 0.2) is 42.7 Å². The van der Waals surface area contributed by atoms with Crippen molar-refractivity contribution in [2.24, 2.45) is 0 Å². The van der Waals surface area contributed by atoms with Gasteiger partial charge in [0.2, 0.25) is 0 Å². The zero-order valence-electron chi connectivity index (χ0n) is 11.6. The van der Waals surface area contributed by atoms with E-state index in [9.17, 15) is 5.11 Å². The van der Waals surface area contributed by atoms with Crippen LogP contribution in [0, 0.1) is 6.92 Å². The van der Waals surface area contributed by atoms with Gasteiger partial charge < -0.3 is 10.4 Å². The molecule has 0 bridgehead atoms. The standard InChI is InChI=1S/C16H20N2O/c1-11-4-5-16(19)15(10-11)13(3)18-12(2)14-6-8-17-9-7-14/h4-10,12-13,18-19H,1-3H3/t12-,13?/m0/s1. The second-order valence-electron chi connectivity index (χ2n) is 4.95. The van der Waals surface area contributed by atoms with Crippen LogP contribution < -0.4 is 5.32 Å². The van der Waals surface area contributed by atoms with E-state index in [0.717, 1.165) is 11.1 Å². The molecule has 1 heterocycles. The topological polar surface area (TPSA) is 45.1 Å². The number of aromatic nitrogens is 1. The van der Waals surface area contributed by atoms with Gasteiger partial charge in [0, 0.05) is 30.0 Å². The largest absolute Gasteiger partial charge is 0.508 e. The lowest BCUT2D eigenvalue weighted by atomic mass is 10.0. The smallest absolute Gasteiger partial charge is 0.120 e. The van der Waals surface area contributed by atoms with Crippen LogP contribution in [-0.4, -0.2) is 10.1 Å². The van der Waals surface area contributed by atoms with Gasteiger partial charge in [0.25, 0.3) is 0 Å². The van der Waals surface area contributed by atoms with E-state index in [1.54, 1.807) is 18.5 Å². The monoisotopic (exact) mass is 256 g/mol. The molecule has 0 radical (unpaired) electrons. The summed E-state index contributed by atoms with van der Waals surface area (Å²) in [7, 11) is 0. The van der Waals surface area contributed by atoms with Crippen LogP contribution in [0.4, 0.5) is 0 Å². The Balaban J connectivity index is 2.13. The molecule has 3 heteroatoms. The Hall–Kier alpha value is -1.87. The summed E-state index contributed by atoms with van der Waals surface area (Å²) in [6.45, 7) is 6.20. The minimum atomic E-state index is 0.0862. The molecule has 100 valence electrons. The third kappa shape index (κ3) is 3.32. The van der Waals surface area contributed by atoms with Crippen molar-refractivity contribution in [1.29, 1.82) is 0 Å². The van der Waals surface area contributed by atoms with Crippen molar-refractivity contribution >= 4 is 0 Å². The number of pyridine rings is 1. The molecule has 0 fully saturated rings. The van der Waals surface area contributed by atoms with Gasteiger partial charge in [-0.3, -0.25) is 4.98 Å². The molecule has 19 heavy (non-hydrogen) atoms. The van der Waals surface area contributed by atoms with Crippen LogP contribution in [0.2, 0.25) is 0 Å². The van der Waals surface area contributed by atoms with Gasteiger partial charge in [0.15, 0.2) is 0 Å². The molecule has 2 aromatic rings. The van der Waals surface area contributed by atoms with Crippen molar-refractivity contribution in [3.8, 4) is 5.75 Å². The lowest BCUT2D eigenvalue weighted by Gasteiger charge is -2.21. The van der Waals surface area contributed by atoms with Crippen molar-refractivity contribution in [2.45, 2.75) is 32.9 Å². The van der Waals surface area contributed by atoms with E-state index in [4.69, 9.17) is 0 Å². The minimum Gasteiger partial charge on any atom is -0.508 e. The second-order valence-corrected chi connectivity index (χ2v) is 4.95.